The van der Waals surface area contributed by atoms with Crippen molar-refractivity contribution >= 4 is 17.4 Å². The van der Waals surface area contributed by atoms with Crippen molar-refractivity contribution in [3.05, 3.63) is 35.9 Å². The first-order valence-corrected chi connectivity index (χ1v) is 11.3. The highest BCUT2D eigenvalue weighted by Gasteiger charge is 2.39. The van der Waals surface area contributed by atoms with Crippen LogP contribution in [0.15, 0.2) is 30.3 Å². The monoisotopic (exact) mass is 437 g/mol. The molecule has 3 heterocycles. The molecule has 2 aliphatic rings. The fourth-order valence-electron chi connectivity index (χ4n) is 5.44. The van der Waals surface area contributed by atoms with E-state index in [4.69, 9.17) is 4.74 Å². The van der Waals surface area contributed by atoms with Gasteiger partial charge in [0.25, 0.3) is 5.91 Å². The highest BCUT2D eigenvalue weighted by Crippen LogP contribution is 2.34. The quantitative estimate of drug-likeness (QED) is 0.790. The van der Waals surface area contributed by atoms with Crippen molar-refractivity contribution < 1.29 is 9.53 Å². The summed E-state index contributed by atoms with van der Waals surface area (Å²) in [5, 5.41) is 12.8. The fourth-order valence-corrected chi connectivity index (χ4v) is 5.44. The van der Waals surface area contributed by atoms with E-state index in [0.29, 0.717) is 12.5 Å². The molecule has 1 aromatic heterocycles. The lowest BCUT2D eigenvalue weighted by Crippen LogP contribution is -2.62. The Morgan fingerprint density at radius 2 is 1.78 bits per heavy atom. The molecule has 7 nitrogen and oxygen atoms in total. The summed E-state index contributed by atoms with van der Waals surface area (Å²) < 4.78 is 5.38. The molecule has 1 N–H and O–H groups in total. The zero-order chi connectivity index (χ0) is 23.3. The fraction of sp³-hybridized carbons (Fsp3) is 0.560. The van der Waals surface area contributed by atoms with Crippen molar-refractivity contribution in [2.45, 2.75) is 70.2 Å². The third-order valence-electron chi connectivity index (χ3n) is 6.76. The molecular formula is C25H35N5O2. The number of carbonyl (C=O) groups is 1. The molecule has 1 unspecified atom stereocenters. The number of anilines is 2. The van der Waals surface area contributed by atoms with Gasteiger partial charge in [0.15, 0.2) is 5.82 Å². The Morgan fingerprint density at radius 3 is 2.38 bits per heavy atom. The number of hydrogen-bond acceptors (Lipinski definition) is 6. The molecule has 7 heteroatoms. The number of nitrogens with one attached hydrogen (secondary N) is 1. The second-order valence-corrected chi connectivity index (χ2v) is 10.5. The summed E-state index contributed by atoms with van der Waals surface area (Å²) >= 11 is 0. The lowest BCUT2D eigenvalue weighted by Gasteiger charge is -2.49. The van der Waals surface area contributed by atoms with Crippen molar-refractivity contribution in [1.29, 1.82) is 0 Å². The van der Waals surface area contributed by atoms with E-state index in [0.717, 1.165) is 41.2 Å². The molecule has 0 radical (unpaired) electrons. The first-order valence-electron chi connectivity index (χ1n) is 11.3. The number of ether oxygens (including phenoxy) is 1. The number of benzene rings is 1. The molecule has 4 rings (SSSR count). The van der Waals surface area contributed by atoms with Crippen LogP contribution in [0.5, 0.6) is 0 Å². The maximum absolute atomic E-state index is 12.4. The lowest BCUT2D eigenvalue weighted by atomic mass is 9.79. The minimum absolute atomic E-state index is 0.0100. The zero-order valence-electron chi connectivity index (χ0n) is 20.3. The Balaban J connectivity index is 1.55. The van der Waals surface area contributed by atoms with Gasteiger partial charge in [0.1, 0.15) is 6.10 Å². The van der Waals surface area contributed by atoms with Gasteiger partial charge >= 0.3 is 0 Å². The van der Waals surface area contributed by atoms with E-state index in [-0.39, 0.29) is 17.0 Å². The van der Waals surface area contributed by atoms with Gasteiger partial charge in [-0.15, -0.1) is 10.2 Å². The van der Waals surface area contributed by atoms with Crippen molar-refractivity contribution in [1.82, 2.24) is 15.5 Å². The Labute approximate surface area is 191 Å². The van der Waals surface area contributed by atoms with E-state index in [9.17, 15) is 4.79 Å². The second kappa shape index (κ2) is 8.12. The van der Waals surface area contributed by atoms with Gasteiger partial charge in [-0.05, 0) is 70.4 Å². The summed E-state index contributed by atoms with van der Waals surface area (Å²) in [6, 6.07) is 10.6. The van der Waals surface area contributed by atoms with Crippen LogP contribution in [0.3, 0.4) is 0 Å². The smallest absolute Gasteiger partial charge is 0.256 e. The van der Waals surface area contributed by atoms with E-state index >= 15 is 0 Å². The van der Waals surface area contributed by atoms with Gasteiger partial charge in [-0.2, -0.15) is 0 Å². The predicted octanol–water partition coefficient (Wildman–Crippen LogP) is 3.42. The summed E-state index contributed by atoms with van der Waals surface area (Å²) in [5.74, 6) is 0.874. The molecule has 1 aromatic carbocycles. The third kappa shape index (κ3) is 4.36. The molecule has 2 aromatic rings. The van der Waals surface area contributed by atoms with Crippen LogP contribution < -0.4 is 15.1 Å². The molecule has 0 saturated carbocycles. The molecular weight excluding hydrogens is 402 g/mol. The molecule has 1 atom stereocenters. The van der Waals surface area contributed by atoms with E-state index in [2.05, 4.69) is 67.3 Å². The van der Waals surface area contributed by atoms with Crippen molar-refractivity contribution in [2.75, 3.05) is 31.0 Å². The number of rotatable bonds is 4. The molecule has 32 heavy (non-hydrogen) atoms. The molecule has 1 amide bonds. The lowest BCUT2D eigenvalue weighted by molar-refractivity contribution is -0.128. The van der Waals surface area contributed by atoms with Gasteiger partial charge in [0.2, 0.25) is 0 Å². The summed E-state index contributed by atoms with van der Waals surface area (Å²) in [5.41, 5.74) is 3.97. The van der Waals surface area contributed by atoms with Gasteiger partial charge in [-0.1, -0.05) is 6.07 Å². The third-order valence-corrected chi connectivity index (χ3v) is 6.76. The van der Waals surface area contributed by atoms with Gasteiger partial charge in [-0.25, -0.2) is 0 Å². The molecule has 172 valence electrons. The number of piperidine rings is 1. The largest absolute Gasteiger partial charge is 0.371 e. The Hall–Kier alpha value is -2.51. The number of nitrogens with zero attached hydrogens (tertiary/aromatic N) is 4. The average Bonchev–Trinajstić information content (AvgIpc) is 2.73. The molecule has 1 fully saturated rings. The summed E-state index contributed by atoms with van der Waals surface area (Å²) in [6.07, 6.45) is 2.23. The SMILES string of the molecule is COC1Cc2cc(-c3ccc(N(C)C4CC(C)(C)NC(C)(C)C4)nn3)ccc2N(C)C1=O. The number of likely N-dealkylation sites (N-methyl/N-ethyl adjacent to an activating group) is 1. The molecule has 0 aliphatic carbocycles. The van der Waals surface area contributed by atoms with Crippen LogP contribution in [0.25, 0.3) is 11.3 Å². The first-order chi connectivity index (χ1) is 15.0. The van der Waals surface area contributed by atoms with Crippen LogP contribution >= 0.6 is 0 Å². The van der Waals surface area contributed by atoms with Crippen molar-refractivity contribution in [3.63, 3.8) is 0 Å². The minimum Gasteiger partial charge on any atom is -0.371 e. The Morgan fingerprint density at radius 1 is 1.09 bits per heavy atom. The van der Waals surface area contributed by atoms with E-state index < -0.39 is 6.10 Å². The van der Waals surface area contributed by atoms with Crippen LogP contribution in [0.1, 0.15) is 46.1 Å². The van der Waals surface area contributed by atoms with Gasteiger partial charge < -0.3 is 19.9 Å². The van der Waals surface area contributed by atoms with Crippen LogP contribution in [0.2, 0.25) is 0 Å². The summed E-state index contributed by atoms with van der Waals surface area (Å²) in [6.45, 7) is 9.05. The topological polar surface area (TPSA) is 70.6 Å². The Bertz CT molecular complexity index is 986. The number of methoxy groups -OCH3 is 1. The first kappa shape index (κ1) is 22.7. The number of carbonyl (C=O) groups excluding carboxylic acids is 1. The summed E-state index contributed by atoms with van der Waals surface area (Å²) in [7, 11) is 5.48. The molecule has 2 aliphatic heterocycles. The van der Waals surface area contributed by atoms with Crippen LogP contribution in [0, 0.1) is 0 Å². The molecule has 0 bridgehead atoms. The van der Waals surface area contributed by atoms with Crippen molar-refractivity contribution in [3.8, 4) is 11.3 Å². The van der Waals surface area contributed by atoms with E-state index in [1.54, 1.807) is 19.1 Å². The standard InChI is InChI=1S/C25H35N5O2/c1-24(2)14-18(15-25(3,4)28-24)29(5)22-11-9-19(26-27-22)16-8-10-20-17(12-16)13-21(32-7)23(31)30(20)6/h8-12,18,21,28H,13-15H2,1-7H3. The molecule has 0 spiro atoms. The number of hydrogen-bond donors (Lipinski definition) is 1. The maximum Gasteiger partial charge on any atom is 0.256 e. The minimum atomic E-state index is -0.441. The maximum atomic E-state index is 12.4. The average molecular weight is 438 g/mol. The number of amides is 1. The summed E-state index contributed by atoms with van der Waals surface area (Å²) in [4.78, 5) is 16.3. The van der Waals surface area contributed by atoms with Crippen LogP contribution in [0.4, 0.5) is 11.5 Å². The number of aromatic nitrogens is 2. The Kier molecular flexibility index (Phi) is 5.75. The van der Waals surface area contributed by atoms with Gasteiger partial charge in [0.05, 0.1) is 5.69 Å². The highest BCUT2D eigenvalue weighted by molar-refractivity contribution is 5.99. The zero-order valence-corrected chi connectivity index (χ0v) is 20.3. The normalized spacial score (nSPS) is 22.5. The highest BCUT2D eigenvalue weighted by atomic mass is 16.5. The van der Waals surface area contributed by atoms with E-state index in [1.807, 2.05) is 18.2 Å². The van der Waals surface area contributed by atoms with Crippen molar-refractivity contribution in [2.24, 2.45) is 0 Å². The van der Waals surface area contributed by atoms with Crippen LogP contribution in [-0.2, 0) is 16.0 Å². The second-order valence-electron chi connectivity index (χ2n) is 10.5. The van der Waals surface area contributed by atoms with Gasteiger partial charge in [-0.3, -0.25) is 4.79 Å². The predicted molar refractivity (Wildman–Crippen MR) is 128 cm³/mol. The van der Waals surface area contributed by atoms with E-state index in [1.165, 1.54) is 0 Å². The van der Waals surface area contributed by atoms with Gasteiger partial charge in [0, 0.05) is 56.0 Å². The molecule has 1 saturated heterocycles. The number of fused-ring (bicyclic) bond motifs is 1. The van der Waals surface area contributed by atoms with Crippen LogP contribution in [-0.4, -0.2) is 60.5 Å².